The van der Waals surface area contributed by atoms with Crippen molar-refractivity contribution in [2.45, 2.75) is 25.9 Å². The van der Waals surface area contributed by atoms with Gasteiger partial charge in [-0.2, -0.15) is 0 Å². The molecular formula is C14H16N2OS. The van der Waals surface area contributed by atoms with Gasteiger partial charge in [-0.3, -0.25) is 9.36 Å². The molecule has 1 heterocycles. The first-order valence-electron chi connectivity index (χ1n) is 5.81. The summed E-state index contributed by atoms with van der Waals surface area (Å²) in [4.78, 5) is 15.3. The molecule has 0 bridgehead atoms. The molecule has 0 aliphatic carbocycles. The predicted octanol–water partition coefficient (Wildman–Crippen LogP) is 3.17. The van der Waals surface area contributed by atoms with Crippen LogP contribution < -0.4 is 0 Å². The second-order valence-corrected chi connectivity index (χ2v) is 5.30. The van der Waals surface area contributed by atoms with Gasteiger partial charge in [0, 0.05) is 12.4 Å². The number of thioether (sulfide) groups is 1. The summed E-state index contributed by atoms with van der Waals surface area (Å²) in [6, 6.07) is 6.32. The molecule has 0 aliphatic rings. The first-order valence-corrected chi connectivity index (χ1v) is 6.79. The molecule has 0 fully saturated rings. The molecule has 0 atom stereocenters. The maximum absolute atomic E-state index is 11.0. The third-order valence-corrected chi connectivity index (χ3v) is 3.73. The summed E-state index contributed by atoms with van der Waals surface area (Å²) in [5.41, 5.74) is 3.57. The summed E-state index contributed by atoms with van der Waals surface area (Å²) in [6.45, 7) is 5.76. The van der Waals surface area contributed by atoms with Crippen molar-refractivity contribution in [1.82, 2.24) is 9.55 Å². The van der Waals surface area contributed by atoms with Crippen molar-refractivity contribution in [2.24, 2.45) is 0 Å². The van der Waals surface area contributed by atoms with Crippen molar-refractivity contribution in [3.63, 3.8) is 0 Å². The molecule has 0 N–H and O–H groups in total. The highest BCUT2D eigenvalue weighted by atomic mass is 32.2. The Hall–Kier alpha value is -1.55. The molecule has 0 aliphatic heterocycles. The van der Waals surface area contributed by atoms with Gasteiger partial charge in [-0.15, -0.1) is 0 Å². The van der Waals surface area contributed by atoms with Crippen LogP contribution in [0.2, 0.25) is 0 Å². The number of rotatable bonds is 4. The Kier molecular flexibility index (Phi) is 3.87. The Morgan fingerprint density at radius 2 is 2.17 bits per heavy atom. The largest absolute Gasteiger partial charge is 0.299 e. The Bertz CT molecular complexity index is 575. The minimum atomic E-state index is 0.162. The van der Waals surface area contributed by atoms with Gasteiger partial charge in [0.05, 0.1) is 11.4 Å². The predicted molar refractivity (Wildman–Crippen MR) is 74.4 cm³/mol. The first kappa shape index (κ1) is 12.9. The summed E-state index contributed by atoms with van der Waals surface area (Å²) in [5, 5.41) is 0.858. The van der Waals surface area contributed by atoms with E-state index in [1.807, 2.05) is 10.8 Å². The number of aryl methyl sites for hydroxylation is 2. The van der Waals surface area contributed by atoms with Gasteiger partial charge in [0.25, 0.3) is 0 Å². The Balaban J connectivity index is 2.33. The van der Waals surface area contributed by atoms with E-state index in [0.29, 0.717) is 5.75 Å². The van der Waals surface area contributed by atoms with Crippen LogP contribution in [0.4, 0.5) is 0 Å². The van der Waals surface area contributed by atoms with Crippen LogP contribution in [-0.2, 0) is 4.79 Å². The van der Waals surface area contributed by atoms with Crippen LogP contribution in [-0.4, -0.2) is 21.1 Å². The number of nitrogens with zero attached hydrogens (tertiary/aromatic N) is 2. The van der Waals surface area contributed by atoms with E-state index in [-0.39, 0.29) is 5.78 Å². The van der Waals surface area contributed by atoms with Gasteiger partial charge < -0.3 is 0 Å². The topological polar surface area (TPSA) is 34.9 Å². The molecule has 0 saturated carbocycles. The monoisotopic (exact) mass is 260 g/mol. The highest BCUT2D eigenvalue weighted by Crippen LogP contribution is 2.23. The Morgan fingerprint density at radius 3 is 2.83 bits per heavy atom. The highest BCUT2D eigenvalue weighted by molar-refractivity contribution is 7.99. The molecular weight excluding hydrogens is 244 g/mol. The molecule has 0 spiro atoms. The number of ketones is 1. The molecule has 4 heteroatoms. The van der Waals surface area contributed by atoms with Crippen LogP contribution in [0.1, 0.15) is 18.1 Å². The minimum Gasteiger partial charge on any atom is -0.299 e. The summed E-state index contributed by atoms with van der Waals surface area (Å²) in [7, 11) is 0. The molecule has 0 unspecified atom stereocenters. The van der Waals surface area contributed by atoms with Gasteiger partial charge in [0.15, 0.2) is 5.16 Å². The molecule has 0 radical (unpaired) electrons. The quantitative estimate of drug-likeness (QED) is 0.792. The second kappa shape index (κ2) is 5.40. The highest BCUT2D eigenvalue weighted by Gasteiger charge is 2.08. The van der Waals surface area contributed by atoms with Gasteiger partial charge in [-0.1, -0.05) is 29.5 Å². The molecule has 94 valence electrons. The lowest BCUT2D eigenvalue weighted by atomic mass is 10.1. The summed E-state index contributed by atoms with van der Waals surface area (Å²) < 4.78 is 2.03. The van der Waals surface area contributed by atoms with E-state index in [9.17, 15) is 4.79 Å². The third-order valence-electron chi connectivity index (χ3n) is 2.62. The number of carbonyl (C=O) groups excluding carboxylic acids is 1. The van der Waals surface area contributed by atoms with E-state index >= 15 is 0 Å². The number of aromatic nitrogens is 2. The van der Waals surface area contributed by atoms with Gasteiger partial charge >= 0.3 is 0 Å². The Labute approximate surface area is 111 Å². The average molecular weight is 260 g/mol. The van der Waals surface area contributed by atoms with E-state index in [1.165, 1.54) is 22.9 Å². The fraction of sp³-hybridized carbons (Fsp3) is 0.286. The maximum atomic E-state index is 11.0. The van der Waals surface area contributed by atoms with Crippen molar-refractivity contribution in [1.29, 1.82) is 0 Å². The average Bonchev–Trinajstić information content (AvgIpc) is 2.74. The van der Waals surface area contributed by atoms with Gasteiger partial charge in [0.2, 0.25) is 0 Å². The third kappa shape index (κ3) is 2.82. The second-order valence-electron chi connectivity index (χ2n) is 4.36. The van der Waals surface area contributed by atoms with E-state index in [0.717, 1.165) is 10.8 Å². The smallest absolute Gasteiger partial charge is 0.173 e. The zero-order chi connectivity index (χ0) is 13.1. The number of hydrogen-bond donors (Lipinski definition) is 0. The Morgan fingerprint density at radius 1 is 1.39 bits per heavy atom. The number of benzene rings is 1. The van der Waals surface area contributed by atoms with Crippen LogP contribution in [0.25, 0.3) is 5.69 Å². The van der Waals surface area contributed by atoms with Crippen LogP contribution >= 0.6 is 11.8 Å². The molecule has 3 nitrogen and oxygen atoms in total. The fourth-order valence-electron chi connectivity index (χ4n) is 1.82. The van der Waals surface area contributed by atoms with Crippen molar-refractivity contribution in [3.8, 4) is 5.69 Å². The van der Waals surface area contributed by atoms with E-state index in [4.69, 9.17) is 0 Å². The number of hydrogen-bond acceptors (Lipinski definition) is 3. The minimum absolute atomic E-state index is 0.162. The lowest BCUT2D eigenvalue weighted by Gasteiger charge is -2.10. The van der Waals surface area contributed by atoms with E-state index in [1.54, 1.807) is 13.1 Å². The SMILES string of the molecule is CC(=O)CSc1nccn1-c1ccc(C)cc1C. The molecule has 1 aromatic carbocycles. The van der Waals surface area contributed by atoms with E-state index in [2.05, 4.69) is 37.0 Å². The molecule has 0 saturated heterocycles. The van der Waals surface area contributed by atoms with Gasteiger partial charge in [-0.25, -0.2) is 4.98 Å². The molecule has 2 rings (SSSR count). The molecule has 18 heavy (non-hydrogen) atoms. The molecule has 2 aromatic rings. The van der Waals surface area contributed by atoms with Crippen LogP contribution in [0.3, 0.4) is 0 Å². The van der Waals surface area contributed by atoms with Gasteiger partial charge in [-0.05, 0) is 32.4 Å². The number of carbonyl (C=O) groups is 1. The number of imidazole rings is 1. The standard InChI is InChI=1S/C14H16N2OS/c1-10-4-5-13(11(2)8-10)16-7-6-15-14(16)18-9-12(3)17/h4-8H,9H2,1-3H3. The van der Waals surface area contributed by atoms with Crippen LogP contribution in [0, 0.1) is 13.8 Å². The van der Waals surface area contributed by atoms with E-state index < -0.39 is 0 Å². The summed E-state index contributed by atoms with van der Waals surface area (Å²) in [5.74, 6) is 0.622. The molecule has 1 aromatic heterocycles. The summed E-state index contributed by atoms with van der Waals surface area (Å²) >= 11 is 1.47. The normalized spacial score (nSPS) is 10.6. The van der Waals surface area contributed by atoms with Crippen molar-refractivity contribution in [3.05, 3.63) is 41.7 Å². The van der Waals surface area contributed by atoms with Gasteiger partial charge in [0.1, 0.15) is 5.78 Å². The molecule has 0 amide bonds. The zero-order valence-electron chi connectivity index (χ0n) is 10.8. The number of Topliss-reactive ketones (excluding diaryl/α,β-unsaturated/α-hetero) is 1. The van der Waals surface area contributed by atoms with Crippen molar-refractivity contribution < 1.29 is 4.79 Å². The lowest BCUT2D eigenvalue weighted by molar-refractivity contribution is -0.114. The fourth-order valence-corrected chi connectivity index (χ4v) is 2.59. The summed E-state index contributed by atoms with van der Waals surface area (Å²) in [6.07, 6.45) is 3.70. The van der Waals surface area contributed by atoms with Crippen LogP contribution in [0.5, 0.6) is 0 Å². The van der Waals surface area contributed by atoms with Crippen molar-refractivity contribution in [2.75, 3.05) is 5.75 Å². The maximum Gasteiger partial charge on any atom is 0.173 e. The van der Waals surface area contributed by atoms with Crippen molar-refractivity contribution >= 4 is 17.5 Å². The first-order chi connectivity index (χ1) is 8.58. The van der Waals surface area contributed by atoms with Crippen LogP contribution in [0.15, 0.2) is 35.7 Å². The lowest BCUT2D eigenvalue weighted by Crippen LogP contribution is -2.01. The zero-order valence-corrected chi connectivity index (χ0v) is 11.6.